The maximum Gasteiger partial charge on any atom is 0.163 e. The lowest BCUT2D eigenvalue weighted by atomic mass is 10.1. The van der Waals surface area contributed by atoms with Gasteiger partial charge >= 0.3 is 0 Å². The SMILES string of the molecule is Cc1nc(C)n(-c2ncc(CN)c3ccccc23)n1. The van der Waals surface area contributed by atoms with Crippen molar-refractivity contribution in [2.24, 2.45) is 5.73 Å². The van der Waals surface area contributed by atoms with Gasteiger partial charge in [-0.2, -0.15) is 4.68 Å². The van der Waals surface area contributed by atoms with Crippen molar-refractivity contribution in [1.29, 1.82) is 0 Å². The van der Waals surface area contributed by atoms with Gasteiger partial charge in [-0.15, -0.1) is 5.10 Å². The van der Waals surface area contributed by atoms with Crippen molar-refractivity contribution in [3.8, 4) is 5.82 Å². The van der Waals surface area contributed by atoms with Crippen molar-refractivity contribution in [3.05, 3.63) is 47.7 Å². The molecule has 5 nitrogen and oxygen atoms in total. The van der Waals surface area contributed by atoms with E-state index in [4.69, 9.17) is 5.73 Å². The van der Waals surface area contributed by atoms with Crippen LogP contribution in [0.5, 0.6) is 0 Å². The molecule has 0 saturated heterocycles. The van der Waals surface area contributed by atoms with Crippen LogP contribution in [0.25, 0.3) is 16.6 Å². The van der Waals surface area contributed by atoms with E-state index >= 15 is 0 Å². The third-order valence-corrected chi connectivity index (χ3v) is 3.15. The summed E-state index contributed by atoms with van der Waals surface area (Å²) in [5.41, 5.74) is 6.80. The lowest BCUT2D eigenvalue weighted by Gasteiger charge is -2.09. The molecular weight excluding hydrogens is 238 g/mol. The van der Waals surface area contributed by atoms with E-state index in [1.807, 2.05) is 38.2 Å². The number of nitrogens with zero attached hydrogens (tertiary/aromatic N) is 4. The van der Waals surface area contributed by atoms with E-state index < -0.39 is 0 Å². The minimum atomic E-state index is 0.475. The topological polar surface area (TPSA) is 69.6 Å². The lowest BCUT2D eigenvalue weighted by Crippen LogP contribution is -2.06. The zero-order valence-corrected chi connectivity index (χ0v) is 11.0. The Hall–Kier alpha value is -2.27. The number of rotatable bonds is 2. The van der Waals surface area contributed by atoms with Gasteiger partial charge in [-0.25, -0.2) is 9.97 Å². The highest BCUT2D eigenvalue weighted by atomic mass is 15.4. The molecule has 1 aromatic carbocycles. The zero-order chi connectivity index (χ0) is 13.4. The Bertz CT molecular complexity index is 745. The van der Waals surface area contributed by atoms with Crippen LogP contribution >= 0.6 is 0 Å². The average Bonchev–Trinajstić information content (AvgIpc) is 2.76. The number of aryl methyl sites for hydroxylation is 2. The summed E-state index contributed by atoms with van der Waals surface area (Å²) in [7, 11) is 0. The molecule has 2 heterocycles. The summed E-state index contributed by atoms with van der Waals surface area (Å²) in [5.74, 6) is 2.37. The van der Waals surface area contributed by atoms with E-state index in [0.717, 1.165) is 33.8 Å². The van der Waals surface area contributed by atoms with Crippen LogP contribution in [0.15, 0.2) is 30.5 Å². The van der Waals surface area contributed by atoms with E-state index in [0.29, 0.717) is 6.54 Å². The molecule has 0 bridgehead atoms. The fraction of sp³-hybridized carbons (Fsp3) is 0.214. The van der Waals surface area contributed by atoms with Crippen LogP contribution in [-0.4, -0.2) is 19.7 Å². The van der Waals surface area contributed by atoms with Crippen molar-refractivity contribution in [2.45, 2.75) is 20.4 Å². The number of hydrogen-bond donors (Lipinski definition) is 1. The first-order chi connectivity index (χ1) is 9.20. The van der Waals surface area contributed by atoms with Gasteiger partial charge in [0.25, 0.3) is 0 Å². The minimum Gasteiger partial charge on any atom is -0.326 e. The Labute approximate surface area is 111 Å². The summed E-state index contributed by atoms with van der Waals surface area (Å²) >= 11 is 0. The molecule has 0 aliphatic carbocycles. The van der Waals surface area contributed by atoms with Crippen LogP contribution in [0.1, 0.15) is 17.2 Å². The van der Waals surface area contributed by atoms with E-state index in [1.54, 1.807) is 4.68 Å². The van der Waals surface area contributed by atoms with Gasteiger partial charge < -0.3 is 5.73 Å². The molecule has 0 fully saturated rings. The quantitative estimate of drug-likeness (QED) is 0.757. The fourth-order valence-corrected chi connectivity index (χ4v) is 2.29. The standard InChI is InChI=1S/C14H15N5/c1-9-17-10(2)19(18-9)14-13-6-4-3-5-12(13)11(7-15)8-16-14/h3-6,8H,7,15H2,1-2H3. The molecule has 0 aliphatic rings. The van der Waals surface area contributed by atoms with Crippen molar-refractivity contribution >= 4 is 10.8 Å². The molecular formula is C14H15N5. The van der Waals surface area contributed by atoms with Crippen molar-refractivity contribution in [1.82, 2.24) is 19.7 Å². The lowest BCUT2D eigenvalue weighted by molar-refractivity contribution is 0.809. The van der Waals surface area contributed by atoms with E-state index in [1.165, 1.54) is 0 Å². The Morgan fingerprint density at radius 3 is 2.53 bits per heavy atom. The Morgan fingerprint density at radius 1 is 1.16 bits per heavy atom. The Morgan fingerprint density at radius 2 is 1.89 bits per heavy atom. The van der Waals surface area contributed by atoms with Gasteiger partial charge in [0, 0.05) is 18.1 Å². The highest BCUT2D eigenvalue weighted by Gasteiger charge is 2.11. The smallest absolute Gasteiger partial charge is 0.163 e. The summed E-state index contributed by atoms with van der Waals surface area (Å²) in [6.45, 7) is 4.27. The number of nitrogens with two attached hydrogens (primary N) is 1. The van der Waals surface area contributed by atoms with E-state index in [9.17, 15) is 0 Å². The average molecular weight is 253 g/mol. The molecule has 2 N–H and O–H groups in total. The van der Waals surface area contributed by atoms with Crippen LogP contribution in [0.2, 0.25) is 0 Å². The normalized spacial score (nSPS) is 11.1. The third-order valence-electron chi connectivity index (χ3n) is 3.15. The largest absolute Gasteiger partial charge is 0.326 e. The maximum absolute atomic E-state index is 5.76. The molecule has 0 aliphatic heterocycles. The molecule has 96 valence electrons. The summed E-state index contributed by atoms with van der Waals surface area (Å²) in [5, 5.41) is 6.55. The number of pyridine rings is 1. The van der Waals surface area contributed by atoms with Gasteiger partial charge in [0.1, 0.15) is 11.6 Å². The number of hydrogen-bond acceptors (Lipinski definition) is 4. The Balaban J connectivity index is 2.34. The van der Waals surface area contributed by atoms with Crippen LogP contribution in [0, 0.1) is 13.8 Å². The van der Waals surface area contributed by atoms with Crippen molar-refractivity contribution in [3.63, 3.8) is 0 Å². The van der Waals surface area contributed by atoms with Gasteiger partial charge in [-0.05, 0) is 24.8 Å². The van der Waals surface area contributed by atoms with Gasteiger partial charge in [-0.1, -0.05) is 24.3 Å². The molecule has 0 atom stereocenters. The number of fused-ring (bicyclic) bond motifs is 1. The summed E-state index contributed by atoms with van der Waals surface area (Å²) in [4.78, 5) is 8.83. The molecule has 5 heteroatoms. The maximum atomic E-state index is 5.76. The van der Waals surface area contributed by atoms with Crippen LogP contribution in [-0.2, 0) is 6.54 Å². The molecule has 0 spiro atoms. The molecule has 0 unspecified atom stereocenters. The summed E-state index contributed by atoms with van der Waals surface area (Å²) in [6, 6.07) is 8.09. The monoisotopic (exact) mass is 253 g/mol. The third kappa shape index (κ3) is 1.88. The second-order valence-corrected chi connectivity index (χ2v) is 4.47. The van der Waals surface area contributed by atoms with Gasteiger partial charge in [0.2, 0.25) is 0 Å². The number of benzene rings is 1. The van der Waals surface area contributed by atoms with Crippen LogP contribution < -0.4 is 5.73 Å². The first-order valence-corrected chi connectivity index (χ1v) is 6.18. The second-order valence-electron chi connectivity index (χ2n) is 4.47. The molecule has 19 heavy (non-hydrogen) atoms. The molecule has 0 saturated carbocycles. The molecule has 2 aromatic heterocycles. The molecule has 0 amide bonds. The van der Waals surface area contributed by atoms with Crippen molar-refractivity contribution < 1.29 is 0 Å². The fourth-order valence-electron chi connectivity index (χ4n) is 2.29. The van der Waals surface area contributed by atoms with Crippen LogP contribution in [0.3, 0.4) is 0 Å². The summed E-state index contributed by atoms with van der Waals surface area (Å²) in [6.07, 6.45) is 1.81. The van der Waals surface area contributed by atoms with Gasteiger partial charge in [0.05, 0.1) is 0 Å². The number of aromatic nitrogens is 4. The second kappa shape index (κ2) is 4.44. The predicted octanol–water partition coefficient (Wildman–Crippen LogP) is 1.89. The zero-order valence-electron chi connectivity index (χ0n) is 11.0. The summed E-state index contributed by atoms with van der Waals surface area (Å²) < 4.78 is 1.78. The molecule has 0 radical (unpaired) electrons. The Kier molecular flexibility index (Phi) is 2.76. The first kappa shape index (κ1) is 11.8. The molecule has 3 aromatic rings. The highest BCUT2D eigenvalue weighted by Crippen LogP contribution is 2.23. The molecule has 3 rings (SSSR count). The predicted molar refractivity (Wildman–Crippen MR) is 74.0 cm³/mol. The first-order valence-electron chi connectivity index (χ1n) is 6.18. The highest BCUT2D eigenvalue weighted by molar-refractivity contribution is 5.90. The van der Waals surface area contributed by atoms with Crippen molar-refractivity contribution in [2.75, 3.05) is 0 Å². The van der Waals surface area contributed by atoms with Crippen LogP contribution in [0.4, 0.5) is 0 Å². The van der Waals surface area contributed by atoms with Gasteiger partial charge in [-0.3, -0.25) is 0 Å². The van der Waals surface area contributed by atoms with Gasteiger partial charge in [0.15, 0.2) is 5.82 Å². The van der Waals surface area contributed by atoms with E-state index in [-0.39, 0.29) is 0 Å². The van der Waals surface area contributed by atoms with E-state index in [2.05, 4.69) is 21.1 Å². The minimum absolute atomic E-state index is 0.475.